The lowest BCUT2D eigenvalue weighted by Gasteiger charge is -2.35. The van der Waals surface area contributed by atoms with Gasteiger partial charge in [-0.15, -0.1) is 0 Å². The van der Waals surface area contributed by atoms with Gasteiger partial charge in [-0.05, 0) is 12.1 Å². The number of halogens is 6. The smallest absolute Gasteiger partial charge is 0.435 e. The van der Waals surface area contributed by atoms with E-state index in [-0.39, 0.29) is 11.9 Å². The fraction of sp³-hybridized carbons (Fsp3) is 0.417. The summed E-state index contributed by atoms with van der Waals surface area (Å²) in [4.78, 5) is 11.8. The van der Waals surface area contributed by atoms with Crippen molar-refractivity contribution in [3.05, 3.63) is 35.4 Å². The molecule has 138 valence electrons. The molecule has 0 saturated carbocycles. The fourth-order valence-corrected chi connectivity index (χ4v) is 2.67. The quantitative estimate of drug-likeness (QED) is 0.361. The zero-order chi connectivity index (χ0) is 19.7. The van der Waals surface area contributed by atoms with Gasteiger partial charge in [0.2, 0.25) is 0 Å². The maximum atomic E-state index is 13.0. The van der Waals surface area contributed by atoms with E-state index in [9.17, 15) is 39.6 Å². The van der Waals surface area contributed by atoms with Crippen LogP contribution in [-0.2, 0) is 21.2 Å². The third kappa shape index (κ3) is 4.88. The summed E-state index contributed by atoms with van der Waals surface area (Å²) >= 11 is 0. The largest absolute Gasteiger partial charge is 0.438 e. The van der Waals surface area contributed by atoms with Crippen molar-refractivity contribution in [2.45, 2.75) is 24.3 Å². The van der Waals surface area contributed by atoms with E-state index in [0.717, 1.165) is 18.2 Å². The molecule has 2 radical (unpaired) electrons. The second-order valence-corrected chi connectivity index (χ2v) is 6.30. The van der Waals surface area contributed by atoms with Crippen molar-refractivity contribution < 1.29 is 48.8 Å². The minimum Gasteiger partial charge on any atom is -0.435 e. The van der Waals surface area contributed by atoms with Gasteiger partial charge in [0.15, 0.2) is 0 Å². The molecule has 5 nitrogen and oxygen atoms in total. The van der Waals surface area contributed by atoms with Crippen LogP contribution in [0.15, 0.2) is 24.3 Å². The van der Waals surface area contributed by atoms with Gasteiger partial charge in [0.1, 0.15) is 5.75 Å². The van der Waals surface area contributed by atoms with Gasteiger partial charge in [0, 0.05) is 0 Å². The molecule has 1 aromatic carbocycles. The summed E-state index contributed by atoms with van der Waals surface area (Å²) < 4.78 is 112. The van der Waals surface area contributed by atoms with Crippen molar-refractivity contribution in [2.75, 3.05) is 5.75 Å². The summed E-state index contributed by atoms with van der Waals surface area (Å²) in [6.07, 6.45) is -12.9. The minimum absolute atomic E-state index is 0.171. The highest BCUT2D eigenvalue weighted by Gasteiger charge is 2.76. The van der Waals surface area contributed by atoms with Crippen LogP contribution in [0.1, 0.15) is 15.9 Å². The first-order valence-electron chi connectivity index (χ1n) is 6.24. The molecule has 0 amide bonds. The van der Waals surface area contributed by atoms with Crippen LogP contribution in [0, 0.1) is 0 Å². The summed E-state index contributed by atoms with van der Waals surface area (Å²) in [5.41, 5.74) is -5.95. The maximum absolute atomic E-state index is 13.0. The number of esters is 1. The number of hydrogen-bond donors (Lipinski definition) is 1. The number of benzene rings is 1. The minimum atomic E-state index is -6.37. The highest BCUT2D eigenvalue weighted by atomic mass is 32.2. The Morgan fingerprint density at radius 2 is 1.64 bits per heavy atom. The number of carbonyl (C=O) groups excluding carboxylic acids is 1. The van der Waals surface area contributed by atoms with E-state index in [1.807, 2.05) is 0 Å². The van der Waals surface area contributed by atoms with E-state index in [0.29, 0.717) is 0 Å². The van der Waals surface area contributed by atoms with Crippen LogP contribution in [0.4, 0.5) is 26.3 Å². The molecule has 0 aromatic heterocycles. The van der Waals surface area contributed by atoms with Crippen molar-refractivity contribution in [1.29, 1.82) is 0 Å². The lowest BCUT2D eigenvalue weighted by Crippen LogP contribution is -2.63. The van der Waals surface area contributed by atoms with E-state index in [1.54, 1.807) is 0 Å². The van der Waals surface area contributed by atoms with Gasteiger partial charge in [-0.25, -0.2) is 4.79 Å². The van der Waals surface area contributed by atoms with E-state index in [4.69, 9.17) is 12.4 Å². The lowest BCUT2D eigenvalue weighted by molar-refractivity contribution is -0.356. The van der Waals surface area contributed by atoms with Crippen LogP contribution in [0.2, 0.25) is 0 Å². The predicted molar refractivity (Wildman–Crippen MR) is 72.6 cm³/mol. The Bertz CT molecular complexity index is 729. The summed E-state index contributed by atoms with van der Waals surface area (Å²) in [6.45, 7) is 0. The van der Waals surface area contributed by atoms with Gasteiger partial charge in [-0.2, -0.15) is 34.8 Å². The molecule has 0 aliphatic heterocycles. The maximum Gasteiger partial charge on any atom is 0.438 e. The number of rotatable bonds is 5. The summed E-state index contributed by atoms with van der Waals surface area (Å²) in [7, 11) is -0.583. The zero-order valence-electron chi connectivity index (χ0n) is 12.1. The van der Waals surface area contributed by atoms with Crippen LogP contribution >= 0.6 is 0 Å². The van der Waals surface area contributed by atoms with Crippen molar-refractivity contribution in [1.82, 2.24) is 0 Å². The third-order valence-corrected chi connectivity index (χ3v) is 3.74. The Kier molecular flexibility index (Phi) is 5.85. The van der Waals surface area contributed by atoms with Crippen LogP contribution in [-0.4, -0.2) is 50.5 Å². The second-order valence-electron chi connectivity index (χ2n) is 4.84. The van der Waals surface area contributed by atoms with Gasteiger partial charge >= 0.3 is 23.9 Å². The third-order valence-electron chi connectivity index (χ3n) is 2.97. The van der Waals surface area contributed by atoms with E-state index in [1.165, 1.54) is 6.07 Å². The number of ether oxygens (including phenoxy) is 1. The van der Waals surface area contributed by atoms with Crippen molar-refractivity contribution in [2.24, 2.45) is 0 Å². The monoisotopic (exact) mass is 390 g/mol. The van der Waals surface area contributed by atoms with Crippen molar-refractivity contribution in [3.8, 4) is 0 Å². The second kappa shape index (κ2) is 6.86. The lowest BCUT2D eigenvalue weighted by atomic mass is 9.95. The summed E-state index contributed by atoms with van der Waals surface area (Å²) in [5.74, 6) is -5.02. The fourth-order valence-electron chi connectivity index (χ4n) is 1.77. The highest BCUT2D eigenvalue weighted by molar-refractivity contribution is 7.85. The Hall–Kier alpha value is -1.76. The van der Waals surface area contributed by atoms with Gasteiger partial charge in [0.05, 0.1) is 13.4 Å². The molecule has 0 aliphatic rings. The molecule has 0 fully saturated rings. The number of hydrogen-bond acceptors (Lipinski definition) is 4. The van der Waals surface area contributed by atoms with Crippen LogP contribution < -0.4 is 0 Å². The zero-order valence-corrected chi connectivity index (χ0v) is 12.9. The normalized spacial score (nSPS) is 13.6. The molecule has 0 saturated heterocycles. The highest BCUT2D eigenvalue weighted by Crippen LogP contribution is 2.47. The molecule has 1 N–H and O–H groups in total. The Morgan fingerprint density at radius 3 is 2.04 bits per heavy atom. The van der Waals surface area contributed by atoms with E-state index >= 15 is 0 Å². The van der Waals surface area contributed by atoms with Crippen molar-refractivity contribution >= 4 is 23.9 Å². The van der Waals surface area contributed by atoms with Crippen LogP contribution in [0.5, 0.6) is 0 Å². The van der Waals surface area contributed by atoms with Gasteiger partial charge < -0.3 is 4.74 Å². The SMILES string of the molecule is [B]Cc1cccc(C(=O)OC(CS(=O)(=O)O)(C(F)(F)F)C(F)(F)F)c1. The summed E-state index contributed by atoms with van der Waals surface area (Å²) in [6, 6.07) is 4.21. The van der Waals surface area contributed by atoms with E-state index < -0.39 is 45.4 Å². The molecule has 0 aliphatic carbocycles. The molecule has 0 heterocycles. The van der Waals surface area contributed by atoms with Gasteiger partial charge in [0.25, 0.3) is 10.1 Å². The van der Waals surface area contributed by atoms with Crippen molar-refractivity contribution in [3.63, 3.8) is 0 Å². The van der Waals surface area contributed by atoms with Gasteiger partial charge in [-0.1, -0.05) is 24.0 Å². The average Bonchev–Trinajstić information content (AvgIpc) is 2.42. The first-order valence-corrected chi connectivity index (χ1v) is 7.85. The van der Waals surface area contributed by atoms with Gasteiger partial charge in [-0.3, -0.25) is 4.55 Å². The Labute approximate surface area is 139 Å². The standard InChI is InChI=1S/C12H9BF6O5S/c13-5-7-2-1-3-8(4-7)9(20)24-10(11(14,15)16,12(17,18)19)6-25(21,22)23/h1-4H,5-6H2,(H,21,22,23). The first-order chi connectivity index (χ1) is 11.1. The molecule has 1 aromatic rings. The molecule has 25 heavy (non-hydrogen) atoms. The predicted octanol–water partition coefficient (Wildman–Crippen LogP) is 2.26. The molecular weight excluding hydrogens is 381 g/mol. The topological polar surface area (TPSA) is 80.7 Å². The first kappa shape index (κ1) is 21.3. The molecule has 0 unspecified atom stereocenters. The number of alkyl halides is 6. The molecule has 1 rings (SSSR count). The molecule has 13 heteroatoms. The summed E-state index contributed by atoms with van der Waals surface area (Å²) in [5, 5.41) is 0. The number of carbonyl (C=O) groups is 1. The molecule has 0 bridgehead atoms. The molecular formula is C12H9BF6O5S. The Morgan fingerprint density at radius 1 is 1.12 bits per heavy atom. The average molecular weight is 390 g/mol. The Balaban J connectivity index is 3.44. The van der Waals surface area contributed by atoms with Crippen LogP contribution in [0.25, 0.3) is 0 Å². The van der Waals surface area contributed by atoms with E-state index in [2.05, 4.69) is 4.74 Å². The molecule has 0 spiro atoms. The molecule has 0 atom stereocenters. The van der Waals surface area contributed by atoms with Crippen LogP contribution in [0.3, 0.4) is 0 Å².